The summed E-state index contributed by atoms with van der Waals surface area (Å²) >= 11 is 0. The molecule has 0 bridgehead atoms. The Bertz CT molecular complexity index is 785. The molecule has 0 aliphatic rings. The molecule has 6 nitrogen and oxygen atoms in total. The van der Waals surface area contributed by atoms with E-state index in [1.165, 1.54) is 6.92 Å². The molecular formula is C20H22N2O4. The molecule has 2 aromatic carbocycles. The van der Waals surface area contributed by atoms with Crippen molar-refractivity contribution in [2.45, 2.75) is 26.7 Å². The number of rotatable bonds is 7. The van der Waals surface area contributed by atoms with E-state index in [4.69, 9.17) is 4.74 Å². The summed E-state index contributed by atoms with van der Waals surface area (Å²) in [5.41, 5.74) is 1.24. The zero-order valence-electron chi connectivity index (χ0n) is 14.9. The molecule has 0 aromatic heterocycles. The number of unbranched alkanes of at least 4 members (excludes halogenated alkanes) is 1. The Morgan fingerprint density at radius 3 is 2.31 bits per heavy atom. The number of esters is 1. The van der Waals surface area contributed by atoms with Crippen LogP contribution < -0.4 is 15.4 Å². The number of ether oxygens (including phenoxy) is 1. The van der Waals surface area contributed by atoms with Crippen LogP contribution in [0.5, 0.6) is 5.75 Å². The topological polar surface area (TPSA) is 84.5 Å². The van der Waals surface area contributed by atoms with Gasteiger partial charge in [-0.05, 0) is 42.8 Å². The zero-order chi connectivity index (χ0) is 18.9. The minimum Gasteiger partial charge on any atom is -0.427 e. The number of benzene rings is 2. The van der Waals surface area contributed by atoms with E-state index in [1.54, 1.807) is 48.5 Å². The van der Waals surface area contributed by atoms with Crippen molar-refractivity contribution in [1.29, 1.82) is 0 Å². The summed E-state index contributed by atoms with van der Waals surface area (Å²) in [6.07, 6.45) is 1.89. The number of para-hydroxylation sites is 1. The number of hydrogen-bond acceptors (Lipinski definition) is 4. The van der Waals surface area contributed by atoms with Gasteiger partial charge in [-0.2, -0.15) is 0 Å². The molecular weight excluding hydrogens is 332 g/mol. The lowest BCUT2D eigenvalue weighted by Crippen LogP contribution is -2.26. The number of carbonyl (C=O) groups excluding carboxylic acids is 3. The number of amides is 2. The SMILES string of the molecule is CCCCNC(=O)c1ccccc1NC(=O)c1ccc(OC(C)=O)cc1. The molecule has 6 heteroatoms. The van der Waals surface area contributed by atoms with Gasteiger partial charge >= 0.3 is 5.97 Å². The first-order valence-electron chi connectivity index (χ1n) is 8.48. The van der Waals surface area contributed by atoms with Gasteiger partial charge in [-0.1, -0.05) is 25.5 Å². The Kier molecular flexibility index (Phi) is 6.91. The molecule has 0 spiro atoms. The van der Waals surface area contributed by atoms with E-state index in [-0.39, 0.29) is 11.8 Å². The predicted octanol–water partition coefficient (Wildman–Crippen LogP) is 3.39. The Balaban J connectivity index is 2.09. The van der Waals surface area contributed by atoms with E-state index in [9.17, 15) is 14.4 Å². The van der Waals surface area contributed by atoms with E-state index in [0.29, 0.717) is 29.1 Å². The van der Waals surface area contributed by atoms with Gasteiger partial charge in [-0.3, -0.25) is 14.4 Å². The second-order valence-corrected chi connectivity index (χ2v) is 5.73. The molecule has 0 heterocycles. The Morgan fingerprint density at radius 2 is 1.65 bits per heavy atom. The first-order valence-corrected chi connectivity index (χ1v) is 8.48. The van der Waals surface area contributed by atoms with Crippen molar-refractivity contribution < 1.29 is 19.1 Å². The molecule has 0 fully saturated rings. The lowest BCUT2D eigenvalue weighted by Gasteiger charge is -2.11. The van der Waals surface area contributed by atoms with Crippen LogP contribution in [0, 0.1) is 0 Å². The van der Waals surface area contributed by atoms with E-state index in [0.717, 1.165) is 12.8 Å². The maximum Gasteiger partial charge on any atom is 0.308 e. The molecule has 0 aliphatic heterocycles. The highest BCUT2D eigenvalue weighted by molar-refractivity contribution is 6.09. The normalized spacial score (nSPS) is 10.1. The van der Waals surface area contributed by atoms with Gasteiger partial charge < -0.3 is 15.4 Å². The zero-order valence-corrected chi connectivity index (χ0v) is 14.9. The van der Waals surface area contributed by atoms with Crippen molar-refractivity contribution in [2.24, 2.45) is 0 Å². The monoisotopic (exact) mass is 354 g/mol. The summed E-state index contributed by atoms with van der Waals surface area (Å²) in [6, 6.07) is 13.0. The number of anilines is 1. The smallest absolute Gasteiger partial charge is 0.308 e. The summed E-state index contributed by atoms with van der Waals surface area (Å²) < 4.78 is 4.94. The Morgan fingerprint density at radius 1 is 0.962 bits per heavy atom. The van der Waals surface area contributed by atoms with Crippen LogP contribution in [-0.4, -0.2) is 24.3 Å². The third-order valence-corrected chi connectivity index (χ3v) is 3.61. The maximum absolute atomic E-state index is 12.4. The highest BCUT2D eigenvalue weighted by Gasteiger charge is 2.14. The number of hydrogen-bond donors (Lipinski definition) is 2. The van der Waals surface area contributed by atoms with Gasteiger partial charge in [-0.25, -0.2) is 0 Å². The molecule has 0 saturated carbocycles. The van der Waals surface area contributed by atoms with Crippen molar-refractivity contribution in [3.63, 3.8) is 0 Å². The molecule has 136 valence electrons. The minimum absolute atomic E-state index is 0.223. The highest BCUT2D eigenvalue weighted by atomic mass is 16.5. The highest BCUT2D eigenvalue weighted by Crippen LogP contribution is 2.18. The first kappa shape index (κ1) is 19.2. The Labute approximate surface area is 152 Å². The Hall–Kier alpha value is -3.15. The van der Waals surface area contributed by atoms with Crippen molar-refractivity contribution >= 4 is 23.5 Å². The average Bonchev–Trinajstić information content (AvgIpc) is 2.62. The standard InChI is InChI=1S/C20H22N2O4/c1-3-4-13-21-20(25)17-7-5-6-8-18(17)22-19(24)15-9-11-16(12-10-15)26-14(2)23/h5-12H,3-4,13H2,1-2H3,(H,21,25)(H,22,24). The lowest BCUT2D eigenvalue weighted by atomic mass is 10.1. The fourth-order valence-corrected chi connectivity index (χ4v) is 2.30. The third kappa shape index (κ3) is 5.44. The second-order valence-electron chi connectivity index (χ2n) is 5.73. The van der Waals surface area contributed by atoms with Crippen LogP contribution in [0.2, 0.25) is 0 Å². The summed E-state index contributed by atoms with van der Waals surface area (Å²) in [5, 5.41) is 5.59. The van der Waals surface area contributed by atoms with Gasteiger partial charge in [0.05, 0.1) is 11.3 Å². The molecule has 0 atom stereocenters. The van der Waals surface area contributed by atoms with E-state index >= 15 is 0 Å². The van der Waals surface area contributed by atoms with Crippen molar-refractivity contribution in [3.8, 4) is 5.75 Å². The summed E-state index contributed by atoms with van der Waals surface area (Å²) in [7, 11) is 0. The summed E-state index contributed by atoms with van der Waals surface area (Å²) in [5.74, 6) is -0.636. The van der Waals surface area contributed by atoms with Crippen LogP contribution in [0.3, 0.4) is 0 Å². The first-order chi connectivity index (χ1) is 12.5. The van der Waals surface area contributed by atoms with Crippen molar-refractivity contribution in [1.82, 2.24) is 5.32 Å². The van der Waals surface area contributed by atoms with E-state index in [1.807, 2.05) is 6.92 Å². The van der Waals surface area contributed by atoms with E-state index in [2.05, 4.69) is 10.6 Å². The molecule has 26 heavy (non-hydrogen) atoms. The largest absolute Gasteiger partial charge is 0.427 e. The van der Waals surface area contributed by atoms with Crippen LogP contribution in [-0.2, 0) is 4.79 Å². The predicted molar refractivity (Wildman–Crippen MR) is 99.4 cm³/mol. The fourth-order valence-electron chi connectivity index (χ4n) is 2.30. The molecule has 2 N–H and O–H groups in total. The lowest BCUT2D eigenvalue weighted by molar-refractivity contribution is -0.131. The molecule has 0 unspecified atom stereocenters. The molecule has 2 amide bonds. The maximum atomic E-state index is 12.4. The van der Waals surface area contributed by atoms with E-state index < -0.39 is 5.97 Å². The molecule has 2 rings (SSSR count). The van der Waals surface area contributed by atoms with Gasteiger partial charge in [0, 0.05) is 19.0 Å². The van der Waals surface area contributed by atoms with Crippen LogP contribution >= 0.6 is 0 Å². The number of nitrogens with one attached hydrogen (secondary N) is 2. The second kappa shape index (κ2) is 9.36. The van der Waals surface area contributed by atoms with Gasteiger partial charge in [0.2, 0.25) is 0 Å². The molecule has 0 saturated heterocycles. The molecule has 2 aromatic rings. The van der Waals surface area contributed by atoms with Crippen LogP contribution in [0.25, 0.3) is 0 Å². The van der Waals surface area contributed by atoms with Crippen molar-refractivity contribution in [2.75, 3.05) is 11.9 Å². The van der Waals surface area contributed by atoms with Gasteiger partial charge in [-0.15, -0.1) is 0 Å². The molecule has 0 radical (unpaired) electrons. The minimum atomic E-state index is -0.426. The fraction of sp³-hybridized carbons (Fsp3) is 0.250. The van der Waals surface area contributed by atoms with Gasteiger partial charge in [0.1, 0.15) is 5.75 Å². The summed E-state index contributed by atoms with van der Waals surface area (Å²) in [6.45, 7) is 3.95. The number of carbonyl (C=O) groups is 3. The molecule has 0 aliphatic carbocycles. The summed E-state index contributed by atoms with van der Waals surface area (Å²) in [4.78, 5) is 35.7. The van der Waals surface area contributed by atoms with Crippen LogP contribution in [0.15, 0.2) is 48.5 Å². The average molecular weight is 354 g/mol. The quantitative estimate of drug-likeness (QED) is 0.453. The van der Waals surface area contributed by atoms with Crippen LogP contribution in [0.1, 0.15) is 47.4 Å². The van der Waals surface area contributed by atoms with Crippen LogP contribution in [0.4, 0.5) is 5.69 Å². The third-order valence-electron chi connectivity index (χ3n) is 3.61. The van der Waals surface area contributed by atoms with Crippen molar-refractivity contribution in [3.05, 3.63) is 59.7 Å². The van der Waals surface area contributed by atoms with Gasteiger partial charge in [0.15, 0.2) is 0 Å². The van der Waals surface area contributed by atoms with Gasteiger partial charge in [0.25, 0.3) is 11.8 Å².